The normalized spacial score (nSPS) is 12.2. The van der Waals surface area contributed by atoms with E-state index in [1.54, 1.807) is 12.1 Å². The van der Waals surface area contributed by atoms with Crippen molar-refractivity contribution in [1.82, 2.24) is 0 Å². The predicted octanol–water partition coefficient (Wildman–Crippen LogP) is 2.90. The summed E-state index contributed by atoms with van der Waals surface area (Å²) in [6, 6.07) is 4.49. The van der Waals surface area contributed by atoms with Crippen molar-refractivity contribution in [2.75, 3.05) is 11.9 Å². The van der Waals surface area contributed by atoms with E-state index in [2.05, 4.69) is 21.2 Å². The minimum Gasteiger partial charge on any atom is -0.330 e. The number of nitrogens with two attached hydrogens (primary N) is 1. The Hall–Kier alpha value is -0.940. The van der Waals surface area contributed by atoms with Crippen LogP contribution in [-0.2, 0) is 4.79 Å². The fourth-order valence-electron chi connectivity index (χ4n) is 1.44. The zero-order valence-corrected chi connectivity index (χ0v) is 11.3. The van der Waals surface area contributed by atoms with Crippen molar-refractivity contribution < 1.29 is 9.18 Å². The lowest BCUT2D eigenvalue weighted by atomic mass is 10.0. The highest BCUT2D eigenvalue weighted by atomic mass is 79.9. The Kier molecular flexibility index (Phi) is 5.58. The molecule has 0 aliphatic carbocycles. The molecule has 0 bridgehead atoms. The molecule has 3 nitrogen and oxygen atoms in total. The SMILES string of the molecule is CCC(CN)CC(=O)Nc1ccc(Br)c(F)c1. The molecule has 0 saturated carbocycles. The van der Waals surface area contributed by atoms with Crippen LogP contribution in [0, 0.1) is 11.7 Å². The number of benzene rings is 1. The topological polar surface area (TPSA) is 55.1 Å². The minimum atomic E-state index is -0.395. The fourth-order valence-corrected chi connectivity index (χ4v) is 1.69. The first-order valence-electron chi connectivity index (χ1n) is 5.51. The van der Waals surface area contributed by atoms with Crippen molar-refractivity contribution in [2.45, 2.75) is 19.8 Å². The lowest BCUT2D eigenvalue weighted by Crippen LogP contribution is -2.21. The maximum atomic E-state index is 13.2. The third kappa shape index (κ3) is 4.44. The molecule has 17 heavy (non-hydrogen) atoms. The van der Waals surface area contributed by atoms with Crippen LogP contribution in [0.1, 0.15) is 19.8 Å². The van der Waals surface area contributed by atoms with E-state index in [4.69, 9.17) is 5.73 Å². The van der Waals surface area contributed by atoms with Gasteiger partial charge in [-0.1, -0.05) is 13.3 Å². The average Bonchev–Trinajstić information content (AvgIpc) is 2.31. The van der Waals surface area contributed by atoms with Crippen molar-refractivity contribution in [3.05, 3.63) is 28.5 Å². The molecule has 3 N–H and O–H groups in total. The fraction of sp³-hybridized carbons (Fsp3) is 0.417. The van der Waals surface area contributed by atoms with Gasteiger partial charge in [-0.2, -0.15) is 0 Å². The lowest BCUT2D eigenvalue weighted by molar-refractivity contribution is -0.117. The first kappa shape index (κ1) is 14.1. The summed E-state index contributed by atoms with van der Waals surface area (Å²) >= 11 is 3.05. The molecule has 1 aromatic carbocycles. The van der Waals surface area contributed by atoms with E-state index in [1.807, 2.05) is 6.92 Å². The van der Waals surface area contributed by atoms with Gasteiger partial charge in [-0.25, -0.2) is 4.39 Å². The summed E-state index contributed by atoms with van der Waals surface area (Å²) in [6.07, 6.45) is 1.23. The van der Waals surface area contributed by atoms with Gasteiger partial charge in [0, 0.05) is 12.1 Å². The Morgan fingerprint density at radius 3 is 2.82 bits per heavy atom. The maximum absolute atomic E-state index is 13.2. The Labute approximate surface area is 109 Å². The highest BCUT2D eigenvalue weighted by Gasteiger charge is 2.11. The van der Waals surface area contributed by atoms with Crippen LogP contribution >= 0.6 is 15.9 Å². The molecule has 1 atom stereocenters. The van der Waals surface area contributed by atoms with Crippen LogP contribution in [0.25, 0.3) is 0 Å². The summed E-state index contributed by atoms with van der Waals surface area (Å²) in [6.45, 7) is 2.47. The average molecular weight is 303 g/mol. The molecule has 0 radical (unpaired) electrons. The molecule has 0 spiro atoms. The van der Waals surface area contributed by atoms with Crippen LogP contribution in [0.3, 0.4) is 0 Å². The number of anilines is 1. The van der Waals surface area contributed by atoms with Gasteiger partial charge in [0.1, 0.15) is 5.82 Å². The minimum absolute atomic E-state index is 0.135. The highest BCUT2D eigenvalue weighted by Crippen LogP contribution is 2.19. The molecule has 0 aromatic heterocycles. The first-order chi connectivity index (χ1) is 8.06. The van der Waals surface area contributed by atoms with Crippen molar-refractivity contribution in [3.8, 4) is 0 Å². The summed E-state index contributed by atoms with van der Waals surface area (Å²) in [5.41, 5.74) is 5.98. The zero-order chi connectivity index (χ0) is 12.8. The van der Waals surface area contributed by atoms with Gasteiger partial charge >= 0.3 is 0 Å². The van der Waals surface area contributed by atoms with E-state index < -0.39 is 5.82 Å². The predicted molar refractivity (Wildman–Crippen MR) is 70.2 cm³/mol. The van der Waals surface area contributed by atoms with Gasteiger partial charge < -0.3 is 11.1 Å². The molecule has 0 saturated heterocycles. The lowest BCUT2D eigenvalue weighted by Gasteiger charge is -2.12. The molecular weight excluding hydrogens is 287 g/mol. The molecule has 1 aromatic rings. The van der Waals surface area contributed by atoms with Gasteiger partial charge in [0.2, 0.25) is 5.91 Å². The van der Waals surface area contributed by atoms with Crippen LogP contribution in [0.5, 0.6) is 0 Å². The molecular formula is C12H16BrFN2O. The maximum Gasteiger partial charge on any atom is 0.224 e. The Bertz CT molecular complexity index is 394. The number of rotatable bonds is 5. The van der Waals surface area contributed by atoms with Crippen LogP contribution < -0.4 is 11.1 Å². The van der Waals surface area contributed by atoms with Gasteiger partial charge in [0.15, 0.2) is 0 Å². The van der Waals surface area contributed by atoms with Gasteiger partial charge in [-0.15, -0.1) is 0 Å². The summed E-state index contributed by atoms with van der Waals surface area (Å²) in [7, 11) is 0. The second-order valence-corrected chi connectivity index (χ2v) is 4.75. The third-order valence-corrected chi connectivity index (χ3v) is 3.23. The van der Waals surface area contributed by atoms with Crippen molar-refractivity contribution in [3.63, 3.8) is 0 Å². The molecule has 1 amide bonds. The van der Waals surface area contributed by atoms with E-state index >= 15 is 0 Å². The van der Waals surface area contributed by atoms with Gasteiger partial charge in [-0.05, 0) is 46.6 Å². The third-order valence-electron chi connectivity index (χ3n) is 2.59. The zero-order valence-electron chi connectivity index (χ0n) is 9.67. The molecule has 0 heterocycles. The standard InChI is InChI=1S/C12H16BrFN2O/c1-2-8(7-15)5-12(17)16-9-3-4-10(13)11(14)6-9/h3-4,6,8H,2,5,7,15H2,1H3,(H,16,17). The van der Waals surface area contributed by atoms with E-state index in [1.165, 1.54) is 6.07 Å². The summed E-state index contributed by atoms with van der Waals surface area (Å²) in [4.78, 5) is 11.6. The summed E-state index contributed by atoms with van der Waals surface area (Å²) in [5, 5.41) is 2.65. The monoisotopic (exact) mass is 302 g/mol. The van der Waals surface area contributed by atoms with Crippen LogP contribution in [0.2, 0.25) is 0 Å². The van der Waals surface area contributed by atoms with Crippen molar-refractivity contribution >= 4 is 27.5 Å². The largest absolute Gasteiger partial charge is 0.330 e. The highest BCUT2D eigenvalue weighted by molar-refractivity contribution is 9.10. The number of carbonyl (C=O) groups excluding carboxylic acids is 1. The van der Waals surface area contributed by atoms with Crippen molar-refractivity contribution in [2.24, 2.45) is 11.7 Å². The molecule has 5 heteroatoms. The molecule has 0 aliphatic heterocycles. The number of halogens is 2. The Balaban J connectivity index is 2.58. The quantitative estimate of drug-likeness (QED) is 0.879. The van der Waals surface area contributed by atoms with Crippen LogP contribution in [0.15, 0.2) is 22.7 Å². The van der Waals surface area contributed by atoms with Gasteiger partial charge in [0.05, 0.1) is 4.47 Å². The molecule has 0 aliphatic rings. The molecule has 1 unspecified atom stereocenters. The number of carbonyl (C=O) groups is 1. The summed E-state index contributed by atoms with van der Waals surface area (Å²) in [5.74, 6) is -0.354. The van der Waals surface area contributed by atoms with E-state index in [0.29, 0.717) is 23.1 Å². The second kappa shape index (κ2) is 6.71. The molecule has 0 fully saturated rings. The Morgan fingerprint density at radius 1 is 1.59 bits per heavy atom. The number of hydrogen-bond donors (Lipinski definition) is 2. The van der Waals surface area contributed by atoms with Gasteiger partial charge in [0.25, 0.3) is 0 Å². The second-order valence-electron chi connectivity index (χ2n) is 3.89. The van der Waals surface area contributed by atoms with Crippen molar-refractivity contribution in [1.29, 1.82) is 0 Å². The van der Waals surface area contributed by atoms with E-state index in [9.17, 15) is 9.18 Å². The molecule has 94 valence electrons. The first-order valence-corrected chi connectivity index (χ1v) is 6.31. The van der Waals surface area contributed by atoms with Gasteiger partial charge in [-0.3, -0.25) is 4.79 Å². The van der Waals surface area contributed by atoms with Crippen LogP contribution in [-0.4, -0.2) is 12.5 Å². The number of amides is 1. The molecule has 1 rings (SSSR count). The van der Waals surface area contributed by atoms with E-state index in [-0.39, 0.29) is 11.8 Å². The summed E-state index contributed by atoms with van der Waals surface area (Å²) < 4.78 is 13.6. The Morgan fingerprint density at radius 2 is 2.29 bits per heavy atom. The van der Waals surface area contributed by atoms with E-state index in [0.717, 1.165) is 6.42 Å². The number of nitrogens with one attached hydrogen (secondary N) is 1. The smallest absolute Gasteiger partial charge is 0.224 e. The number of hydrogen-bond acceptors (Lipinski definition) is 2. The van der Waals surface area contributed by atoms with Crippen LogP contribution in [0.4, 0.5) is 10.1 Å².